The van der Waals surface area contributed by atoms with Gasteiger partial charge in [0.25, 0.3) is 0 Å². The number of hydrogen-bond donors (Lipinski definition) is 1. The predicted octanol–water partition coefficient (Wildman–Crippen LogP) is 4.72. The molecule has 0 saturated carbocycles. The second kappa shape index (κ2) is 10.7. The highest BCUT2D eigenvalue weighted by Gasteiger charge is 2.26. The van der Waals surface area contributed by atoms with E-state index < -0.39 is 10.0 Å². The molecular formula is C27H33N3O3S. The Balaban J connectivity index is 1.40. The Kier molecular flexibility index (Phi) is 7.66. The lowest BCUT2D eigenvalue weighted by Crippen LogP contribution is -2.40. The zero-order valence-electron chi connectivity index (χ0n) is 19.9. The average Bonchev–Trinajstić information content (AvgIpc) is 2.85. The maximum absolute atomic E-state index is 13.0. The van der Waals surface area contributed by atoms with Gasteiger partial charge >= 0.3 is 0 Å². The molecule has 3 aromatic rings. The largest absolute Gasteiger partial charge is 0.326 e. The van der Waals surface area contributed by atoms with Gasteiger partial charge in [-0.25, -0.2) is 8.42 Å². The van der Waals surface area contributed by atoms with Crippen molar-refractivity contribution in [3.63, 3.8) is 0 Å². The summed E-state index contributed by atoms with van der Waals surface area (Å²) in [5.74, 6) is -0.107. The van der Waals surface area contributed by atoms with Crippen LogP contribution in [0.5, 0.6) is 0 Å². The first-order valence-corrected chi connectivity index (χ1v) is 13.5. The summed E-state index contributed by atoms with van der Waals surface area (Å²) < 4.78 is 26.8. The van der Waals surface area contributed by atoms with Crippen molar-refractivity contribution in [2.75, 3.05) is 31.5 Å². The third-order valence-corrected chi connectivity index (χ3v) is 8.68. The van der Waals surface area contributed by atoms with Gasteiger partial charge in [0.1, 0.15) is 0 Å². The lowest BCUT2D eigenvalue weighted by molar-refractivity contribution is -0.121. The Bertz CT molecular complexity index is 1230. The highest BCUT2D eigenvalue weighted by atomic mass is 32.2. The minimum atomic E-state index is -3.51. The molecule has 1 N–H and O–H groups in total. The third-order valence-electron chi connectivity index (χ3n) is 6.62. The van der Waals surface area contributed by atoms with E-state index in [2.05, 4.69) is 52.7 Å². The molecule has 4 rings (SSSR count). The molecule has 1 atom stereocenters. The zero-order valence-corrected chi connectivity index (χ0v) is 20.7. The molecule has 1 aliphatic rings. The van der Waals surface area contributed by atoms with E-state index in [1.54, 1.807) is 24.3 Å². The predicted molar refractivity (Wildman–Crippen MR) is 137 cm³/mol. The minimum Gasteiger partial charge on any atom is -0.326 e. The molecule has 0 spiro atoms. The number of carbonyl (C=O) groups is 1. The van der Waals surface area contributed by atoms with E-state index in [1.807, 2.05) is 13.8 Å². The molecular weight excluding hydrogens is 446 g/mol. The van der Waals surface area contributed by atoms with E-state index in [1.165, 1.54) is 20.6 Å². The van der Waals surface area contributed by atoms with Gasteiger partial charge in [-0.1, -0.05) is 56.3 Å². The number of benzene rings is 3. The van der Waals surface area contributed by atoms with Crippen LogP contribution in [0.15, 0.2) is 71.6 Å². The lowest BCUT2D eigenvalue weighted by Gasteiger charge is -2.32. The Hall–Kier alpha value is -2.74. The number of rotatable bonds is 8. The number of amides is 1. The topological polar surface area (TPSA) is 69.7 Å². The van der Waals surface area contributed by atoms with Crippen LogP contribution in [-0.2, 0) is 21.4 Å². The Morgan fingerprint density at radius 3 is 2.44 bits per heavy atom. The van der Waals surface area contributed by atoms with Gasteiger partial charge < -0.3 is 5.32 Å². The van der Waals surface area contributed by atoms with Gasteiger partial charge in [0.2, 0.25) is 15.9 Å². The number of fused-ring (bicyclic) bond motifs is 1. The number of anilines is 1. The van der Waals surface area contributed by atoms with Gasteiger partial charge in [-0.2, -0.15) is 4.31 Å². The van der Waals surface area contributed by atoms with Crippen molar-refractivity contribution in [1.29, 1.82) is 0 Å². The Morgan fingerprint density at radius 1 is 1.00 bits per heavy atom. The summed E-state index contributed by atoms with van der Waals surface area (Å²) in [5, 5.41) is 5.48. The molecule has 1 unspecified atom stereocenters. The van der Waals surface area contributed by atoms with Gasteiger partial charge in [-0.3, -0.25) is 9.69 Å². The number of carbonyl (C=O) groups excluding carboxylic acids is 1. The monoisotopic (exact) mass is 479 g/mol. The van der Waals surface area contributed by atoms with Crippen molar-refractivity contribution in [3.05, 3.63) is 72.3 Å². The normalized spacial score (nSPS) is 17.2. The number of sulfonamides is 1. The molecule has 1 heterocycles. The molecule has 0 aliphatic carbocycles. The summed E-state index contributed by atoms with van der Waals surface area (Å²) in [6, 6.07) is 21.3. The maximum Gasteiger partial charge on any atom is 0.243 e. The van der Waals surface area contributed by atoms with E-state index in [9.17, 15) is 13.2 Å². The Labute approximate surface area is 202 Å². The number of nitrogens with zero attached hydrogens (tertiary/aromatic N) is 2. The van der Waals surface area contributed by atoms with Crippen LogP contribution >= 0.6 is 0 Å². The standard InChI is InChI=1S/C27H33N3O3S/c1-3-30(4-2)34(32,33)25-16-14-24(15-17-25)28-27(31)23-12-8-18-29(20-23)19-22-11-7-10-21-9-5-6-13-26(21)22/h5-7,9-11,13-17,23H,3-4,8,12,18-20H2,1-2H3,(H,28,31). The second-order valence-electron chi connectivity index (χ2n) is 8.82. The molecule has 1 fully saturated rings. The molecule has 0 aromatic heterocycles. The van der Waals surface area contributed by atoms with Crippen LogP contribution in [0.3, 0.4) is 0 Å². The van der Waals surface area contributed by atoms with Gasteiger partial charge in [-0.15, -0.1) is 0 Å². The minimum absolute atomic E-state index is 0.0121. The fourth-order valence-corrected chi connectivity index (χ4v) is 6.21. The Morgan fingerprint density at radius 2 is 1.71 bits per heavy atom. The van der Waals surface area contributed by atoms with Crippen molar-refractivity contribution in [2.45, 2.75) is 38.1 Å². The first kappa shape index (κ1) is 24.4. The summed E-state index contributed by atoms with van der Waals surface area (Å²) in [6.45, 7) is 7.01. The number of piperidine rings is 1. The summed E-state index contributed by atoms with van der Waals surface area (Å²) in [7, 11) is -3.51. The van der Waals surface area contributed by atoms with Crippen LogP contribution in [0.25, 0.3) is 10.8 Å². The smallest absolute Gasteiger partial charge is 0.243 e. The molecule has 1 saturated heterocycles. The van der Waals surface area contributed by atoms with Crippen molar-refractivity contribution >= 4 is 32.4 Å². The van der Waals surface area contributed by atoms with Crippen LogP contribution in [0.4, 0.5) is 5.69 Å². The highest BCUT2D eigenvalue weighted by Crippen LogP contribution is 2.25. The van der Waals surface area contributed by atoms with Crippen molar-refractivity contribution < 1.29 is 13.2 Å². The summed E-state index contributed by atoms with van der Waals surface area (Å²) in [5.41, 5.74) is 1.90. The quantitative estimate of drug-likeness (QED) is 0.508. The third kappa shape index (κ3) is 5.32. The highest BCUT2D eigenvalue weighted by molar-refractivity contribution is 7.89. The second-order valence-corrected chi connectivity index (χ2v) is 10.8. The van der Waals surface area contributed by atoms with Crippen molar-refractivity contribution in [2.24, 2.45) is 5.92 Å². The molecule has 3 aromatic carbocycles. The zero-order chi connectivity index (χ0) is 24.1. The van der Waals surface area contributed by atoms with E-state index in [0.717, 1.165) is 25.9 Å². The van der Waals surface area contributed by atoms with E-state index in [4.69, 9.17) is 0 Å². The van der Waals surface area contributed by atoms with Gasteiger partial charge in [0, 0.05) is 31.9 Å². The summed E-state index contributed by atoms with van der Waals surface area (Å²) in [6.07, 6.45) is 1.83. The van der Waals surface area contributed by atoms with Crippen LogP contribution in [0, 0.1) is 5.92 Å². The molecule has 7 heteroatoms. The van der Waals surface area contributed by atoms with Gasteiger partial charge in [0.05, 0.1) is 10.8 Å². The molecule has 34 heavy (non-hydrogen) atoms. The van der Waals surface area contributed by atoms with E-state index in [0.29, 0.717) is 25.3 Å². The van der Waals surface area contributed by atoms with Crippen LogP contribution < -0.4 is 5.32 Å². The van der Waals surface area contributed by atoms with E-state index >= 15 is 0 Å². The molecule has 0 bridgehead atoms. The first-order valence-electron chi connectivity index (χ1n) is 12.0. The fourth-order valence-electron chi connectivity index (χ4n) is 4.75. The van der Waals surface area contributed by atoms with Crippen LogP contribution in [0.1, 0.15) is 32.3 Å². The fraction of sp³-hybridized carbons (Fsp3) is 0.370. The molecule has 0 radical (unpaired) electrons. The summed E-state index contributed by atoms with van der Waals surface area (Å²) >= 11 is 0. The maximum atomic E-state index is 13.0. The molecule has 1 amide bonds. The van der Waals surface area contributed by atoms with Gasteiger partial charge in [-0.05, 0) is 60.0 Å². The van der Waals surface area contributed by atoms with E-state index in [-0.39, 0.29) is 16.7 Å². The average molecular weight is 480 g/mol. The lowest BCUT2D eigenvalue weighted by atomic mass is 9.96. The number of hydrogen-bond acceptors (Lipinski definition) is 4. The molecule has 180 valence electrons. The number of likely N-dealkylation sites (tertiary alicyclic amines) is 1. The van der Waals surface area contributed by atoms with Crippen molar-refractivity contribution in [1.82, 2.24) is 9.21 Å². The molecule has 1 aliphatic heterocycles. The SMILES string of the molecule is CCN(CC)S(=O)(=O)c1ccc(NC(=O)C2CCCN(Cc3cccc4ccccc34)C2)cc1. The van der Waals surface area contributed by atoms with Crippen LogP contribution in [-0.4, -0.2) is 49.7 Å². The first-order chi connectivity index (χ1) is 16.4. The number of nitrogens with one attached hydrogen (secondary N) is 1. The van der Waals surface area contributed by atoms with Gasteiger partial charge in [0.15, 0.2) is 0 Å². The summed E-state index contributed by atoms with van der Waals surface area (Å²) in [4.78, 5) is 15.6. The van der Waals surface area contributed by atoms with Crippen LogP contribution in [0.2, 0.25) is 0 Å². The van der Waals surface area contributed by atoms with Crippen molar-refractivity contribution in [3.8, 4) is 0 Å². The molecule has 6 nitrogen and oxygen atoms in total.